The summed E-state index contributed by atoms with van der Waals surface area (Å²) in [5.74, 6) is 0. The van der Waals surface area contributed by atoms with Gasteiger partial charge in [0.25, 0.3) is 0 Å². The minimum absolute atomic E-state index is 0.213. The first kappa shape index (κ1) is 22.7. The van der Waals surface area contributed by atoms with Gasteiger partial charge in [0, 0.05) is 32.0 Å². The van der Waals surface area contributed by atoms with E-state index < -0.39 is 27.2 Å². The van der Waals surface area contributed by atoms with Crippen molar-refractivity contribution in [1.82, 2.24) is 4.98 Å². The van der Waals surface area contributed by atoms with Gasteiger partial charge in [0.15, 0.2) is 0 Å². The lowest BCUT2D eigenvalue weighted by Gasteiger charge is -2.31. The molecular weight excluding hydrogens is 457 g/mol. The Morgan fingerprint density at radius 3 is 2.31 bits per heavy atom. The van der Waals surface area contributed by atoms with E-state index >= 15 is 0 Å². The lowest BCUT2D eigenvalue weighted by atomic mass is 9.74. The molecule has 0 amide bonds. The molecule has 0 spiro atoms. The highest BCUT2D eigenvalue weighted by atomic mass is 32.2. The number of thiophene rings is 1. The largest absolute Gasteiger partial charge is 0.417 e. The molecule has 0 atom stereocenters. The molecule has 0 aliphatic rings. The van der Waals surface area contributed by atoms with Gasteiger partial charge in [-0.15, -0.1) is 11.3 Å². The number of anilines is 1. The Labute approximate surface area is 188 Å². The van der Waals surface area contributed by atoms with Gasteiger partial charge in [-0.25, -0.2) is 8.42 Å². The van der Waals surface area contributed by atoms with Crippen LogP contribution in [0.1, 0.15) is 42.7 Å². The molecule has 0 radical (unpaired) electrons. The molecule has 0 saturated carbocycles. The Morgan fingerprint density at radius 2 is 1.69 bits per heavy atom. The van der Waals surface area contributed by atoms with Crippen LogP contribution in [0.5, 0.6) is 0 Å². The van der Waals surface area contributed by atoms with Crippen LogP contribution in [-0.2, 0) is 21.6 Å². The predicted octanol–water partition coefficient (Wildman–Crippen LogP) is 6.88. The van der Waals surface area contributed by atoms with Gasteiger partial charge in [0.05, 0.1) is 23.0 Å². The number of benzene rings is 2. The summed E-state index contributed by atoms with van der Waals surface area (Å²) >= 11 is 1.38. The molecule has 32 heavy (non-hydrogen) atoms. The number of alkyl halides is 3. The van der Waals surface area contributed by atoms with E-state index in [-0.39, 0.29) is 5.39 Å². The molecular formula is C23H23F3N2O2S2. The maximum absolute atomic E-state index is 13.6. The first-order chi connectivity index (χ1) is 15.0. The number of rotatable bonds is 6. The number of sulfonamides is 1. The normalized spacial score (nSPS) is 13.2. The number of nitrogens with one attached hydrogen (secondary N) is 2. The Kier molecular flexibility index (Phi) is 5.53. The molecule has 0 fully saturated rings. The monoisotopic (exact) mass is 480 g/mol. The van der Waals surface area contributed by atoms with Crippen molar-refractivity contribution in [1.29, 1.82) is 0 Å². The average Bonchev–Trinajstić information content (AvgIpc) is 3.33. The van der Waals surface area contributed by atoms with Gasteiger partial charge in [-0.2, -0.15) is 13.2 Å². The molecule has 2 aromatic heterocycles. The van der Waals surface area contributed by atoms with Crippen LogP contribution in [0, 0.1) is 0 Å². The maximum Gasteiger partial charge on any atom is 0.417 e. The molecule has 0 saturated heterocycles. The Balaban J connectivity index is 1.95. The average molecular weight is 481 g/mol. The van der Waals surface area contributed by atoms with E-state index in [0.717, 1.165) is 28.1 Å². The fourth-order valence-electron chi connectivity index (χ4n) is 4.49. The summed E-state index contributed by atoms with van der Waals surface area (Å²) in [6, 6.07) is 11.3. The van der Waals surface area contributed by atoms with Crippen molar-refractivity contribution in [2.24, 2.45) is 0 Å². The molecule has 4 nitrogen and oxygen atoms in total. The topological polar surface area (TPSA) is 62.0 Å². The van der Waals surface area contributed by atoms with E-state index in [0.29, 0.717) is 28.7 Å². The van der Waals surface area contributed by atoms with Crippen molar-refractivity contribution in [2.75, 3.05) is 11.0 Å². The first-order valence-corrected chi connectivity index (χ1v) is 12.9. The van der Waals surface area contributed by atoms with Gasteiger partial charge in [-0.1, -0.05) is 32.0 Å². The third-order valence-electron chi connectivity index (χ3n) is 6.07. The van der Waals surface area contributed by atoms with E-state index in [2.05, 4.69) is 9.71 Å². The molecule has 0 aliphatic heterocycles. The maximum atomic E-state index is 13.6. The SMILES string of the molecule is CCC(CC)(c1cc2c(C(F)(F)F)cccc2s1)c1c[nH]c2c(NS(C)(=O)=O)cccc12. The quantitative estimate of drug-likeness (QED) is 0.316. The number of halogens is 3. The Bertz CT molecular complexity index is 1400. The number of hydrogen-bond donors (Lipinski definition) is 2. The zero-order chi connectivity index (χ0) is 23.3. The van der Waals surface area contributed by atoms with Crippen molar-refractivity contribution in [3.05, 3.63) is 64.7 Å². The molecule has 4 aromatic rings. The highest BCUT2D eigenvalue weighted by Crippen LogP contribution is 2.48. The summed E-state index contributed by atoms with van der Waals surface area (Å²) in [7, 11) is -3.47. The molecule has 170 valence electrons. The van der Waals surface area contributed by atoms with Gasteiger partial charge in [0.2, 0.25) is 10.0 Å². The van der Waals surface area contributed by atoms with Gasteiger partial charge in [-0.3, -0.25) is 4.72 Å². The van der Waals surface area contributed by atoms with E-state index in [1.165, 1.54) is 17.4 Å². The van der Waals surface area contributed by atoms with E-state index in [1.54, 1.807) is 24.3 Å². The molecule has 9 heteroatoms. The summed E-state index contributed by atoms with van der Waals surface area (Å²) in [5, 5.41) is 1.06. The minimum atomic E-state index is -4.42. The smallest absolute Gasteiger partial charge is 0.359 e. The predicted molar refractivity (Wildman–Crippen MR) is 125 cm³/mol. The van der Waals surface area contributed by atoms with Crippen LogP contribution in [0.3, 0.4) is 0 Å². The molecule has 0 bridgehead atoms. The second-order valence-corrected chi connectivity index (χ2v) is 10.8. The standard InChI is InChI=1S/C23H23F3N2O2S2/c1-4-22(5-2,20-12-15-16(23(24,25)26)9-7-11-19(15)31-20)17-13-27-21-14(17)8-6-10-18(21)28-32(3,29)30/h6-13,27-28H,4-5H2,1-3H3. The molecule has 2 N–H and O–H groups in total. The highest BCUT2D eigenvalue weighted by Gasteiger charge is 2.37. The zero-order valence-corrected chi connectivity index (χ0v) is 19.4. The van der Waals surface area contributed by atoms with Crippen LogP contribution in [-0.4, -0.2) is 19.7 Å². The molecule has 4 rings (SSSR count). The third-order valence-corrected chi connectivity index (χ3v) is 7.97. The van der Waals surface area contributed by atoms with E-state index in [1.807, 2.05) is 26.1 Å². The van der Waals surface area contributed by atoms with E-state index in [9.17, 15) is 21.6 Å². The summed E-state index contributed by atoms with van der Waals surface area (Å²) < 4.78 is 67.5. The van der Waals surface area contributed by atoms with Crippen LogP contribution in [0.15, 0.2) is 48.7 Å². The number of hydrogen-bond acceptors (Lipinski definition) is 3. The van der Waals surface area contributed by atoms with Gasteiger partial charge in [-0.05, 0) is 42.7 Å². The summed E-state index contributed by atoms with van der Waals surface area (Å²) in [6.07, 6.45) is -0.137. The summed E-state index contributed by atoms with van der Waals surface area (Å²) in [4.78, 5) is 4.05. The number of para-hydroxylation sites is 1. The molecule has 0 aliphatic carbocycles. The van der Waals surface area contributed by atoms with Gasteiger partial charge >= 0.3 is 6.18 Å². The van der Waals surface area contributed by atoms with Crippen molar-refractivity contribution in [3.63, 3.8) is 0 Å². The summed E-state index contributed by atoms with van der Waals surface area (Å²) in [6.45, 7) is 4.05. The van der Waals surface area contributed by atoms with Crippen molar-refractivity contribution < 1.29 is 21.6 Å². The molecule has 2 heterocycles. The highest BCUT2D eigenvalue weighted by molar-refractivity contribution is 7.92. The Morgan fingerprint density at radius 1 is 1.00 bits per heavy atom. The van der Waals surface area contributed by atoms with Crippen LogP contribution < -0.4 is 4.72 Å². The van der Waals surface area contributed by atoms with Crippen molar-refractivity contribution >= 4 is 48.0 Å². The van der Waals surface area contributed by atoms with Crippen molar-refractivity contribution in [2.45, 2.75) is 38.3 Å². The first-order valence-electron chi connectivity index (χ1n) is 10.2. The number of aromatic amines is 1. The van der Waals surface area contributed by atoms with Crippen LogP contribution >= 0.6 is 11.3 Å². The Hall–Kier alpha value is -2.52. The van der Waals surface area contributed by atoms with Crippen LogP contribution in [0.25, 0.3) is 21.0 Å². The number of aromatic nitrogens is 1. The molecule has 0 unspecified atom stereocenters. The summed E-state index contributed by atoms with van der Waals surface area (Å²) in [5.41, 5.74) is 0.880. The zero-order valence-electron chi connectivity index (χ0n) is 17.8. The number of fused-ring (bicyclic) bond motifs is 2. The van der Waals surface area contributed by atoms with E-state index in [4.69, 9.17) is 0 Å². The second kappa shape index (κ2) is 7.81. The lowest BCUT2D eigenvalue weighted by Crippen LogP contribution is -2.24. The second-order valence-electron chi connectivity index (χ2n) is 7.92. The van der Waals surface area contributed by atoms with Crippen LogP contribution in [0.4, 0.5) is 18.9 Å². The third kappa shape index (κ3) is 3.77. The fraction of sp³-hybridized carbons (Fsp3) is 0.304. The minimum Gasteiger partial charge on any atom is -0.359 e. The van der Waals surface area contributed by atoms with Crippen molar-refractivity contribution in [3.8, 4) is 0 Å². The fourth-order valence-corrected chi connectivity index (χ4v) is 6.49. The van der Waals surface area contributed by atoms with Gasteiger partial charge < -0.3 is 4.98 Å². The number of H-pyrrole nitrogens is 1. The lowest BCUT2D eigenvalue weighted by molar-refractivity contribution is -0.136. The molecule has 2 aromatic carbocycles. The van der Waals surface area contributed by atoms with Crippen LogP contribution in [0.2, 0.25) is 0 Å². The van der Waals surface area contributed by atoms with Gasteiger partial charge in [0.1, 0.15) is 0 Å².